The molecule has 6 heteroatoms. The van der Waals surface area contributed by atoms with Crippen LogP contribution in [0.15, 0.2) is 42.6 Å². The first-order valence-electron chi connectivity index (χ1n) is 10.6. The van der Waals surface area contributed by atoms with Crippen molar-refractivity contribution in [3.8, 4) is 23.0 Å². The highest BCUT2D eigenvalue weighted by Gasteiger charge is 2.14. The van der Waals surface area contributed by atoms with Gasteiger partial charge in [0, 0.05) is 18.0 Å². The molecule has 0 aliphatic heterocycles. The molecular weight excluding hydrogens is 394 g/mol. The van der Waals surface area contributed by atoms with Crippen molar-refractivity contribution in [2.24, 2.45) is 0 Å². The van der Waals surface area contributed by atoms with E-state index in [2.05, 4.69) is 4.98 Å². The lowest BCUT2D eigenvalue weighted by atomic mass is 10.0. The summed E-state index contributed by atoms with van der Waals surface area (Å²) in [7, 11) is 0. The first kappa shape index (κ1) is 22.4. The van der Waals surface area contributed by atoms with E-state index in [1.165, 1.54) is 0 Å². The first-order valence-corrected chi connectivity index (χ1v) is 10.6. The van der Waals surface area contributed by atoms with Crippen LogP contribution in [0.5, 0.6) is 23.0 Å². The van der Waals surface area contributed by atoms with Gasteiger partial charge in [0.25, 0.3) is 0 Å². The smallest absolute Gasteiger partial charge is 0.162 e. The Morgan fingerprint density at radius 1 is 0.871 bits per heavy atom. The van der Waals surface area contributed by atoms with Crippen molar-refractivity contribution >= 4 is 17.1 Å². The molecule has 1 aromatic heterocycles. The summed E-state index contributed by atoms with van der Waals surface area (Å²) in [6.45, 7) is 9.16. The maximum atomic E-state index is 11.1. The SMILES string of the molecule is CCOc1ccc(Cc2nccc3cc(OCC)c(OC(C)C=O)cc23)cc1OCC. The number of carbonyl (C=O) groups excluding carboxylic acids is 1. The van der Waals surface area contributed by atoms with Gasteiger partial charge in [-0.1, -0.05) is 6.07 Å². The summed E-state index contributed by atoms with van der Waals surface area (Å²) in [5, 5.41) is 1.95. The maximum absolute atomic E-state index is 11.1. The molecule has 0 saturated carbocycles. The van der Waals surface area contributed by atoms with Gasteiger partial charge in [-0.15, -0.1) is 0 Å². The van der Waals surface area contributed by atoms with Crippen molar-refractivity contribution in [3.05, 3.63) is 53.9 Å². The number of aromatic nitrogens is 1. The van der Waals surface area contributed by atoms with E-state index in [1.807, 2.05) is 57.2 Å². The highest BCUT2D eigenvalue weighted by atomic mass is 16.5. The van der Waals surface area contributed by atoms with E-state index in [0.29, 0.717) is 37.7 Å². The van der Waals surface area contributed by atoms with Crippen LogP contribution in [0.4, 0.5) is 0 Å². The van der Waals surface area contributed by atoms with Crippen molar-refractivity contribution in [2.75, 3.05) is 19.8 Å². The molecule has 0 aliphatic rings. The molecule has 6 nitrogen and oxygen atoms in total. The van der Waals surface area contributed by atoms with E-state index < -0.39 is 6.10 Å². The molecular formula is C25H29NO5. The normalized spacial score (nSPS) is 11.7. The van der Waals surface area contributed by atoms with E-state index in [4.69, 9.17) is 18.9 Å². The summed E-state index contributed by atoms with van der Waals surface area (Å²) >= 11 is 0. The number of rotatable bonds is 11. The second kappa shape index (κ2) is 10.7. The number of benzene rings is 2. The summed E-state index contributed by atoms with van der Waals surface area (Å²) < 4.78 is 23.0. The molecule has 0 fully saturated rings. The van der Waals surface area contributed by atoms with Gasteiger partial charge in [-0.25, -0.2) is 0 Å². The van der Waals surface area contributed by atoms with Gasteiger partial charge in [-0.3, -0.25) is 9.78 Å². The highest BCUT2D eigenvalue weighted by molar-refractivity contribution is 5.88. The fourth-order valence-electron chi connectivity index (χ4n) is 3.37. The monoisotopic (exact) mass is 423 g/mol. The second-order valence-corrected chi connectivity index (χ2v) is 6.99. The van der Waals surface area contributed by atoms with Crippen molar-refractivity contribution < 1.29 is 23.7 Å². The summed E-state index contributed by atoms with van der Waals surface area (Å²) in [4.78, 5) is 15.7. The van der Waals surface area contributed by atoms with E-state index >= 15 is 0 Å². The zero-order valence-corrected chi connectivity index (χ0v) is 18.5. The topological polar surface area (TPSA) is 66.9 Å². The molecule has 31 heavy (non-hydrogen) atoms. The molecule has 1 unspecified atom stereocenters. The molecule has 3 aromatic rings. The van der Waals surface area contributed by atoms with Crippen LogP contribution in [-0.4, -0.2) is 37.2 Å². The number of pyridine rings is 1. The zero-order chi connectivity index (χ0) is 22.2. The number of fused-ring (bicyclic) bond motifs is 1. The van der Waals surface area contributed by atoms with Gasteiger partial charge in [0.1, 0.15) is 0 Å². The summed E-state index contributed by atoms with van der Waals surface area (Å²) in [6.07, 6.45) is 2.59. The number of nitrogens with zero attached hydrogens (tertiary/aromatic N) is 1. The van der Waals surface area contributed by atoms with Crippen molar-refractivity contribution in [1.29, 1.82) is 0 Å². The quantitative estimate of drug-likeness (QED) is 0.405. The molecule has 3 rings (SSSR count). The van der Waals surface area contributed by atoms with E-state index in [-0.39, 0.29) is 0 Å². The van der Waals surface area contributed by atoms with E-state index in [0.717, 1.165) is 39.8 Å². The minimum Gasteiger partial charge on any atom is -0.490 e. The van der Waals surface area contributed by atoms with Crippen LogP contribution in [0, 0.1) is 0 Å². The molecule has 0 spiro atoms. The molecule has 1 atom stereocenters. The second-order valence-electron chi connectivity index (χ2n) is 6.99. The Bertz CT molecular complexity index is 1030. The zero-order valence-electron chi connectivity index (χ0n) is 18.5. The number of carbonyl (C=O) groups is 1. The lowest BCUT2D eigenvalue weighted by molar-refractivity contribution is -0.113. The fourth-order valence-corrected chi connectivity index (χ4v) is 3.37. The number of ether oxygens (including phenoxy) is 4. The van der Waals surface area contributed by atoms with Crippen molar-refractivity contribution in [2.45, 2.75) is 40.2 Å². The molecule has 2 aromatic carbocycles. The number of hydrogen-bond acceptors (Lipinski definition) is 6. The minimum absolute atomic E-state index is 0.502. The van der Waals surface area contributed by atoms with Crippen LogP contribution in [0.25, 0.3) is 10.8 Å². The maximum Gasteiger partial charge on any atom is 0.162 e. The van der Waals surface area contributed by atoms with Gasteiger partial charge in [0.2, 0.25) is 0 Å². The van der Waals surface area contributed by atoms with Crippen LogP contribution in [0.3, 0.4) is 0 Å². The molecule has 0 aliphatic carbocycles. The summed E-state index contributed by atoms with van der Waals surface area (Å²) in [5.74, 6) is 2.61. The highest BCUT2D eigenvalue weighted by Crippen LogP contribution is 2.35. The van der Waals surface area contributed by atoms with Gasteiger partial charge >= 0.3 is 0 Å². The van der Waals surface area contributed by atoms with Gasteiger partial charge < -0.3 is 18.9 Å². The third kappa shape index (κ3) is 5.45. The predicted molar refractivity (Wildman–Crippen MR) is 121 cm³/mol. The molecule has 0 N–H and O–H groups in total. The largest absolute Gasteiger partial charge is 0.490 e. The van der Waals surface area contributed by atoms with E-state index in [9.17, 15) is 4.79 Å². The lowest BCUT2D eigenvalue weighted by Gasteiger charge is -2.16. The van der Waals surface area contributed by atoms with Gasteiger partial charge in [0.05, 0.1) is 25.5 Å². The minimum atomic E-state index is -0.573. The molecule has 0 radical (unpaired) electrons. The molecule has 0 bridgehead atoms. The Kier molecular flexibility index (Phi) is 7.70. The van der Waals surface area contributed by atoms with Crippen LogP contribution in [-0.2, 0) is 11.2 Å². The molecule has 0 amide bonds. The molecule has 164 valence electrons. The Morgan fingerprint density at radius 3 is 2.23 bits per heavy atom. The lowest BCUT2D eigenvalue weighted by Crippen LogP contribution is -2.13. The van der Waals surface area contributed by atoms with Crippen LogP contribution in [0.1, 0.15) is 39.0 Å². The average Bonchev–Trinajstić information content (AvgIpc) is 2.76. The Morgan fingerprint density at radius 2 is 1.55 bits per heavy atom. The van der Waals surface area contributed by atoms with Crippen LogP contribution in [0.2, 0.25) is 0 Å². The van der Waals surface area contributed by atoms with Gasteiger partial charge in [0.15, 0.2) is 35.4 Å². The third-order valence-electron chi connectivity index (χ3n) is 4.69. The first-order chi connectivity index (χ1) is 15.1. The molecule has 0 saturated heterocycles. The number of aldehydes is 1. The van der Waals surface area contributed by atoms with Gasteiger partial charge in [-0.2, -0.15) is 0 Å². The third-order valence-corrected chi connectivity index (χ3v) is 4.69. The molecule has 1 heterocycles. The van der Waals surface area contributed by atoms with Crippen molar-refractivity contribution in [3.63, 3.8) is 0 Å². The standard InChI is InChI=1S/C25H29NO5/c1-5-28-22-9-8-18(13-23(22)29-6-2)12-21-20-15-25(31-17(4)16-27)24(30-7-3)14-19(20)10-11-26-21/h8-11,13-17H,5-7,12H2,1-4H3. The van der Waals surface area contributed by atoms with Gasteiger partial charge in [-0.05, 0) is 69.0 Å². The van der Waals surface area contributed by atoms with Crippen LogP contribution < -0.4 is 18.9 Å². The van der Waals surface area contributed by atoms with Crippen LogP contribution >= 0.6 is 0 Å². The Labute approximate surface area is 183 Å². The van der Waals surface area contributed by atoms with Crippen molar-refractivity contribution in [1.82, 2.24) is 4.98 Å². The number of hydrogen-bond donors (Lipinski definition) is 0. The fraction of sp³-hybridized carbons (Fsp3) is 0.360. The predicted octanol–water partition coefficient (Wildman–Crippen LogP) is 4.99. The summed E-state index contributed by atoms with van der Waals surface area (Å²) in [6, 6.07) is 11.7. The average molecular weight is 424 g/mol. The Hall–Kier alpha value is -3.28. The van der Waals surface area contributed by atoms with E-state index in [1.54, 1.807) is 13.1 Å². The summed E-state index contributed by atoms with van der Waals surface area (Å²) in [5.41, 5.74) is 1.96. The Balaban J connectivity index is 2.01.